The minimum absolute atomic E-state index is 0.115. The molecule has 0 N–H and O–H groups in total. The molecule has 0 bridgehead atoms. The van der Waals surface area contributed by atoms with Gasteiger partial charge in [0.2, 0.25) is 0 Å². The van der Waals surface area contributed by atoms with E-state index in [1.807, 2.05) is 0 Å². The van der Waals surface area contributed by atoms with E-state index in [4.69, 9.17) is 17.0 Å². The van der Waals surface area contributed by atoms with Crippen LogP contribution in [0.2, 0.25) is 13.1 Å². The summed E-state index contributed by atoms with van der Waals surface area (Å²) < 4.78 is 0.229. The van der Waals surface area contributed by atoms with Gasteiger partial charge in [-0.05, 0) is 0 Å². The van der Waals surface area contributed by atoms with Crippen LogP contribution >= 0.6 is 17.0 Å². The summed E-state index contributed by atoms with van der Waals surface area (Å²) in [6.07, 6.45) is 11.5. The van der Waals surface area contributed by atoms with E-state index in [-0.39, 0.29) is 7.25 Å². The van der Waals surface area contributed by atoms with Crippen molar-refractivity contribution in [3.05, 3.63) is 129 Å². The third kappa shape index (κ3) is 6.70. The Kier molecular flexibility index (Phi) is 11.5. The van der Waals surface area contributed by atoms with Gasteiger partial charge in [-0.3, -0.25) is 0 Å². The number of allylic oxidation sites excluding steroid dienone is 2. The van der Waals surface area contributed by atoms with Crippen molar-refractivity contribution in [2.75, 3.05) is 0 Å². The molecule has 4 aromatic carbocycles. The van der Waals surface area contributed by atoms with E-state index in [9.17, 15) is 0 Å². The van der Waals surface area contributed by atoms with Gasteiger partial charge in [-0.2, -0.15) is 0 Å². The molecule has 0 radical (unpaired) electrons. The molecule has 4 heteroatoms. The maximum absolute atomic E-state index is 8.86. The van der Waals surface area contributed by atoms with Gasteiger partial charge in [0, 0.05) is 0 Å². The number of rotatable bonds is 13. The van der Waals surface area contributed by atoms with Gasteiger partial charge in [0.25, 0.3) is 0 Å². The molecule has 0 amide bonds. The predicted octanol–water partition coefficient (Wildman–Crippen LogP) is 14.6. The molecular weight excluding hydrogens is 743 g/mol. The normalized spacial score (nSPS) is 17.9. The zero-order chi connectivity index (χ0) is 35.8. The standard InChI is InChI=1S/2C22H25.C2H7Si.2ClH.Zr/c2*1-4-8-17-14-19-11-12-20(13-16(2)3)22(21(19)15-17)18-9-6-5-7-10-18;1-3-2;;;/h2*5-7,9-12,14-16H,4,8,13H2,1-3H3;3H,1-2H3;2*1H;/q;;;;;+2/p-2. The van der Waals surface area contributed by atoms with Crippen LogP contribution in [0.1, 0.15) is 108 Å². The van der Waals surface area contributed by atoms with Crippen molar-refractivity contribution >= 4 is 35.1 Å². The van der Waals surface area contributed by atoms with Crippen molar-refractivity contribution < 1.29 is 15.6 Å². The Balaban J connectivity index is 1.64. The summed E-state index contributed by atoms with van der Waals surface area (Å²) in [6, 6.07) is 31.9. The van der Waals surface area contributed by atoms with Crippen LogP contribution in [0, 0.1) is 11.8 Å². The van der Waals surface area contributed by atoms with Crippen molar-refractivity contribution in [1.29, 1.82) is 0 Å². The fourth-order valence-corrected chi connectivity index (χ4v) is 40.9. The molecule has 2 aliphatic carbocycles. The average molecular weight is 800 g/mol. The van der Waals surface area contributed by atoms with E-state index in [0.29, 0.717) is 11.8 Å². The van der Waals surface area contributed by atoms with Gasteiger partial charge in [0.1, 0.15) is 0 Å². The van der Waals surface area contributed by atoms with E-state index >= 15 is 0 Å². The van der Waals surface area contributed by atoms with Crippen molar-refractivity contribution in [2.45, 2.75) is 100 Å². The van der Waals surface area contributed by atoms with Crippen LogP contribution in [0.4, 0.5) is 0 Å². The zero-order valence-electron chi connectivity index (χ0n) is 31.6. The summed E-state index contributed by atoms with van der Waals surface area (Å²) in [7, 11) is 17.7. The van der Waals surface area contributed by atoms with E-state index in [1.54, 1.807) is 0 Å². The van der Waals surface area contributed by atoms with E-state index in [0.717, 1.165) is 38.5 Å². The molecular formula is C46H57Cl2SiZr. The second-order valence-electron chi connectivity index (χ2n) is 16.3. The average Bonchev–Trinajstić information content (AvgIpc) is 3.64. The fraction of sp³-hybridized carbons (Fsp3) is 0.391. The Morgan fingerprint density at radius 3 is 1.28 bits per heavy atom. The van der Waals surface area contributed by atoms with Crippen molar-refractivity contribution in [2.24, 2.45) is 11.8 Å². The third-order valence-corrected chi connectivity index (χ3v) is 63.3. The molecule has 2 unspecified atom stereocenters. The molecule has 263 valence electrons. The summed E-state index contributed by atoms with van der Waals surface area (Å²) in [5.41, 5.74) is 16.8. The summed E-state index contributed by atoms with van der Waals surface area (Å²) >= 11 is -4.90. The Hall–Kier alpha value is -1.96. The fourth-order valence-electron chi connectivity index (χ4n) is 9.37. The Morgan fingerprint density at radius 1 is 0.580 bits per heavy atom. The van der Waals surface area contributed by atoms with E-state index in [1.165, 1.54) is 66.8 Å². The quantitative estimate of drug-likeness (QED) is 0.118. The van der Waals surface area contributed by atoms with Gasteiger partial charge in [-0.25, -0.2) is 0 Å². The van der Waals surface area contributed by atoms with Crippen LogP contribution in [-0.2, 0) is 28.4 Å². The van der Waals surface area contributed by atoms with Crippen LogP contribution in [0.25, 0.3) is 34.4 Å². The zero-order valence-corrected chi connectivity index (χ0v) is 36.7. The topological polar surface area (TPSA) is 0 Å². The van der Waals surface area contributed by atoms with Gasteiger partial charge in [0.05, 0.1) is 0 Å². The van der Waals surface area contributed by atoms with Crippen molar-refractivity contribution in [3.8, 4) is 22.3 Å². The Labute approximate surface area is 312 Å². The van der Waals surface area contributed by atoms with Crippen molar-refractivity contribution in [1.82, 2.24) is 0 Å². The maximum atomic E-state index is 8.86. The number of halogens is 2. The third-order valence-electron chi connectivity index (χ3n) is 11.4. The second-order valence-corrected chi connectivity index (χ2v) is 58.8. The van der Waals surface area contributed by atoms with Gasteiger partial charge < -0.3 is 0 Å². The van der Waals surface area contributed by atoms with Crippen molar-refractivity contribution in [3.63, 3.8) is 0 Å². The first-order chi connectivity index (χ1) is 23.9. The summed E-state index contributed by atoms with van der Waals surface area (Å²) in [6.45, 7) is 18.9. The number of hydrogen-bond acceptors (Lipinski definition) is 0. The minimum atomic E-state index is -4.90. The SMILES string of the molecule is CCCC1=Cc2c(ccc(CC(C)C)c2-c2ccccc2)[CH]1[Zr]([Cl])([Cl])([CH]1C(CCC)=Cc2c1ccc(CC(C)C)c2-c1ccccc1)[SiH](C)C. The van der Waals surface area contributed by atoms with Crippen LogP contribution in [-0.4, -0.2) is 5.92 Å². The van der Waals surface area contributed by atoms with Gasteiger partial charge >= 0.3 is 315 Å². The van der Waals surface area contributed by atoms with Crippen LogP contribution in [0.5, 0.6) is 0 Å². The molecule has 50 heavy (non-hydrogen) atoms. The summed E-state index contributed by atoms with van der Waals surface area (Å²) in [4.78, 5) is 0. The van der Waals surface area contributed by atoms with Crippen LogP contribution in [0.15, 0.2) is 96.1 Å². The molecule has 0 saturated heterocycles. The van der Waals surface area contributed by atoms with Crippen LogP contribution < -0.4 is 0 Å². The monoisotopic (exact) mass is 797 g/mol. The number of hydrogen-bond donors (Lipinski definition) is 0. The second kappa shape index (κ2) is 15.2. The first-order valence-electron chi connectivity index (χ1n) is 19.3. The molecule has 0 nitrogen and oxygen atoms in total. The molecule has 0 saturated carbocycles. The molecule has 0 fully saturated rings. The molecule has 0 aromatic heterocycles. The molecule has 6 rings (SSSR count). The molecule has 2 aliphatic rings. The predicted molar refractivity (Wildman–Crippen MR) is 223 cm³/mol. The molecule has 0 aliphatic heterocycles. The molecule has 2 atom stereocenters. The first kappa shape index (κ1) is 37.8. The van der Waals surface area contributed by atoms with Crippen LogP contribution in [0.3, 0.4) is 0 Å². The molecule has 4 aromatic rings. The van der Waals surface area contributed by atoms with Gasteiger partial charge in [-0.15, -0.1) is 0 Å². The Bertz CT molecular complexity index is 1770. The number of benzene rings is 4. The first-order valence-corrected chi connectivity index (χ1v) is 35.6. The molecule has 0 spiro atoms. The molecule has 0 heterocycles. The van der Waals surface area contributed by atoms with Gasteiger partial charge in [0.15, 0.2) is 0 Å². The Morgan fingerprint density at radius 2 is 0.960 bits per heavy atom. The van der Waals surface area contributed by atoms with E-state index in [2.05, 4.69) is 152 Å². The van der Waals surface area contributed by atoms with E-state index < -0.39 is 21.5 Å². The number of fused-ring (bicyclic) bond motifs is 2. The summed E-state index contributed by atoms with van der Waals surface area (Å²) in [5, 5.41) is 0. The summed E-state index contributed by atoms with van der Waals surface area (Å²) in [5.74, 6) is -0.525. The van der Waals surface area contributed by atoms with Gasteiger partial charge in [-0.1, -0.05) is 0 Å².